The van der Waals surface area contributed by atoms with E-state index in [0.717, 1.165) is 17.5 Å². The van der Waals surface area contributed by atoms with Crippen molar-refractivity contribution < 1.29 is 5.11 Å². The molecule has 0 aliphatic carbocycles. The maximum atomic E-state index is 11.0. The zero-order valence-electron chi connectivity index (χ0n) is 14.5. The topological polar surface area (TPSA) is 20.2 Å². The minimum atomic E-state index is -0.525. The van der Waals surface area contributed by atoms with Gasteiger partial charge in [0.25, 0.3) is 0 Å². The number of hydrogen-bond donors (Lipinski definition) is 1. The Balaban J connectivity index is 1.82. The van der Waals surface area contributed by atoms with Crippen molar-refractivity contribution in [3.05, 3.63) is 113 Å². The van der Waals surface area contributed by atoms with Gasteiger partial charge >= 0.3 is 0 Å². The molecule has 0 amide bonds. The van der Waals surface area contributed by atoms with Crippen LogP contribution in [0, 0.1) is 6.92 Å². The van der Waals surface area contributed by atoms with Crippen molar-refractivity contribution in [2.45, 2.75) is 25.4 Å². The summed E-state index contributed by atoms with van der Waals surface area (Å²) in [7, 11) is 0. The molecule has 0 aliphatic rings. The normalized spacial score (nSPS) is 13.7. The molecule has 0 bridgehead atoms. The molecule has 3 rings (SSSR count). The van der Waals surface area contributed by atoms with Crippen LogP contribution in [0.1, 0.15) is 40.7 Å². The molecule has 1 N–H and O–H groups in total. The molecule has 1 nitrogen and oxygen atoms in total. The molecule has 3 aromatic rings. The van der Waals surface area contributed by atoms with Crippen LogP contribution in [0.15, 0.2) is 91.0 Å². The molecule has 3 aromatic carbocycles. The third kappa shape index (κ3) is 4.68. The smallest absolute Gasteiger partial charge is 0.0861 e. The number of benzene rings is 3. The molecule has 0 fully saturated rings. The quantitative estimate of drug-likeness (QED) is 0.596. The fourth-order valence-corrected chi connectivity index (χ4v) is 3.06. The Morgan fingerprint density at radius 1 is 0.760 bits per heavy atom. The van der Waals surface area contributed by atoms with Gasteiger partial charge in [0.15, 0.2) is 0 Å². The third-order valence-electron chi connectivity index (χ3n) is 4.53. The van der Waals surface area contributed by atoms with Crippen LogP contribution in [-0.4, -0.2) is 5.11 Å². The lowest BCUT2D eigenvalue weighted by Gasteiger charge is -2.23. The Hall–Kier alpha value is -2.64. The van der Waals surface area contributed by atoms with E-state index in [1.807, 2.05) is 48.5 Å². The summed E-state index contributed by atoms with van der Waals surface area (Å²) in [4.78, 5) is 0. The van der Waals surface area contributed by atoms with Gasteiger partial charge in [-0.25, -0.2) is 0 Å². The average Bonchev–Trinajstić information content (AvgIpc) is 2.67. The van der Waals surface area contributed by atoms with Crippen LogP contribution < -0.4 is 0 Å². The van der Waals surface area contributed by atoms with Gasteiger partial charge in [-0.1, -0.05) is 103 Å². The molecule has 126 valence electrons. The van der Waals surface area contributed by atoms with Crippen molar-refractivity contribution in [1.29, 1.82) is 0 Å². The molecular formula is C24H24O. The van der Waals surface area contributed by atoms with Gasteiger partial charge in [0.2, 0.25) is 0 Å². The highest BCUT2D eigenvalue weighted by Crippen LogP contribution is 2.34. The maximum absolute atomic E-state index is 11.0. The highest BCUT2D eigenvalue weighted by atomic mass is 16.3. The standard InChI is InChI=1S/C24H24O/c1-19-15-17-22(18-16-19)24(25)23(21-12-6-3-7-13-21)14-8-11-20-9-4-2-5-10-20/h2-13,15-18,23-25H,14H2,1H3/b11-8+. The number of allylic oxidation sites excluding steroid dienone is 1. The molecule has 0 aliphatic heterocycles. The summed E-state index contributed by atoms with van der Waals surface area (Å²) in [6.07, 6.45) is 4.54. The maximum Gasteiger partial charge on any atom is 0.0861 e. The molecule has 0 saturated heterocycles. The van der Waals surface area contributed by atoms with E-state index in [9.17, 15) is 5.11 Å². The van der Waals surface area contributed by atoms with Gasteiger partial charge < -0.3 is 5.11 Å². The Morgan fingerprint density at radius 3 is 2.00 bits per heavy atom. The lowest BCUT2D eigenvalue weighted by atomic mass is 9.86. The first-order chi connectivity index (χ1) is 12.2. The van der Waals surface area contributed by atoms with Gasteiger partial charge in [0.05, 0.1) is 6.10 Å². The zero-order chi connectivity index (χ0) is 17.5. The minimum Gasteiger partial charge on any atom is -0.388 e. The lowest BCUT2D eigenvalue weighted by molar-refractivity contribution is 0.145. The highest BCUT2D eigenvalue weighted by molar-refractivity contribution is 5.49. The molecule has 0 heterocycles. The largest absolute Gasteiger partial charge is 0.388 e. The monoisotopic (exact) mass is 328 g/mol. The van der Waals surface area contributed by atoms with E-state index in [2.05, 4.69) is 55.5 Å². The molecule has 1 heteroatoms. The highest BCUT2D eigenvalue weighted by Gasteiger charge is 2.21. The summed E-state index contributed by atoms with van der Waals surface area (Å²) in [6.45, 7) is 2.06. The first-order valence-electron chi connectivity index (χ1n) is 8.75. The summed E-state index contributed by atoms with van der Waals surface area (Å²) >= 11 is 0. The molecule has 0 spiro atoms. The first kappa shape index (κ1) is 17.2. The summed E-state index contributed by atoms with van der Waals surface area (Å²) in [5.41, 5.74) is 4.51. The van der Waals surface area contributed by atoms with Gasteiger partial charge in [-0.15, -0.1) is 0 Å². The van der Waals surface area contributed by atoms with Crippen molar-refractivity contribution in [3.63, 3.8) is 0 Å². The van der Waals surface area contributed by atoms with Crippen LogP contribution in [0.4, 0.5) is 0 Å². The van der Waals surface area contributed by atoms with Crippen molar-refractivity contribution in [3.8, 4) is 0 Å². The van der Waals surface area contributed by atoms with Crippen LogP contribution in [0.25, 0.3) is 6.08 Å². The van der Waals surface area contributed by atoms with Crippen LogP contribution in [-0.2, 0) is 0 Å². The van der Waals surface area contributed by atoms with Crippen LogP contribution >= 0.6 is 0 Å². The summed E-state index contributed by atoms with van der Waals surface area (Å²) < 4.78 is 0. The molecule has 2 unspecified atom stereocenters. The molecule has 0 radical (unpaired) electrons. The van der Waals surface area contributed by atoms with E-state index >= 15 is 0 Å². The van der Waals surface area contributed by atoms with E-state index in [-0.39, 0.29) is 5.92 Å². The second-order valence-corrected chi connectivity index (χ2v) is 6.42. The molecule has 25 heavy (non-hydrogen) atoms. The van der Waals surface area contributed by atoms with E-state index < -0.39 is 6.10 Å². The zero-order valence-corrected chi connectivity index (χ0v) is 14.5. The average molecular weight is 328 g/mol. The fraction of sp³-hybridized carbons (Fsp3) is 0.167. The SMILES string of the molecule is Cc1ccc(C(O)C(C/C=C/c2ccccc2)c2ccccc2)cc1. The van der Waals surface area contributed by atoms with E-state index in [4.69, 9.17) is 0 Å². The Kier molecular flexibility index (Phi) is 5.81. The minimum absolute atomic E-state index is 0.0314. The Morgan fingerprint density at radius 2 is 1.36 bits per heavy atom. The van der Waals surface area contributed by atoms with Gasteiger partial charge in [-0.05, 0) is 30.0 Å². The van der Waals surface area contributed by atoms with E-state index in [1.165, 1.54) is 11.1 Å². The Bertz CT molecular complexity index is 789. The van der Waals surface area contributed by atoms with Gasteiger partial charge in [0, 0.05) is 5.92 Å². The summed E-state index contributed by atoms with van der Waals surface area (Å²) in [6, 6.07) is 28.7. The molecule has 2 atom stereocenters. The van der Waals surface area contributed by atoms with Crippen molar-refractivity contribution in [1.82, 2.24) is 0 Å². The number of aliphatic hydroxyl groups excluding tert-OH is 1. The van der Waals surface area contributed by atoms with Gasteiger partial charge in [-0.2, -0.15) is 0 Å². The second-order valence-electron chi connectivity index (χ2n) is 6.42. The van der Waals surface area contributed by atoms with Crippen LogP contribution in [0.2, 0.25) is 0 Å². The summed E-state index contributed by atoms with van der Waals surface area (Å²) in [5, 5.41) is 11.0. The predicted octanol–water partition coefficient (Wildman–Crippen LogP) is 5.92. The number of aryl methyl sites for hydroxylation is 1. The fourth-order valence-electron chi connectivity index (χ4n) is 3.06. The van der Waals surface area contributed by atoms with Crippen molar-refractivity contribution >= 4 is 6.08 Å². The molecular weight excluding hydrogens is 304 g/mol. The second kappa shape index (κ2) is 8.46. The number of aliphatic hydroxyl groups is 1. The number of rotatable bonds is 6. The first-order valence-corrected chi connectivity index (χ1v) is 8.75. The Labute approximate surface area is 150 Å². The van der Waals surface area contributed by atoms with Crippen LogP contribution in [0.5, 0.6) is 0 Å². The molecule has 0 aromatic heterocycles. The van der Waals surface area contributed by atoms with E-state index in [0.29, 0.717) is 0 Å². The lowest BCUT2D eigenvalue weighted by Crippen LogP contribution is -2.10. The predicted molar refractivity (Wildman–Crippen MR) is 105 cm³/mol. The molecule has 0 saturated carbocycles. The van der Waals surface area contributed by atoms with Crippen molar-refractivity contribution in [2.75, 3.05) is 0 Å². The number of hydrogen-bond acceptors (Lipinski definition) is 1. The van der Waals surface area contributed by atoms with Gasteiger partial charge in [0.1, 0.15) is 0 Å². The van der Waals surface area contributed by atoms with Crippen LogP contribution in [0.3, 0.4) is 0 Å². The summed E-state index contributed by atoms with van der Waals surface area (Å²) in [5.74, 6) is 0.0314. The van der Waals surface area contributed by atoms with Gasteiger partial charge in [-0.3, -0.25) is 0 Å². The van der Waals surface area contributed by atoms with E-state index in [1.54, 1.807) is 0 Å². The van der Waals surface area contributed by atoms with Crippen molar-refractivity contribution in [2.24, 2.45) is 0 Å². The third-order valence-corrected chi connectivity index (χ3v) is 4.53.